The number of amides is 1. The van der Waals surface area contributed by atoms with Crippen molar-refractivity contribution in [1.29, 1.82) is 0 Å². The summed E-state index contributed by atoms with van der Waals surface area (Å²) in [5.41, 5.74) is 1.80. The Kier molecular flexibility index (Phi) is 3.01. The normalized spacial score (nSPS) is 16.8. The van der Waals surface area contributed by atoms with Crippen LogP contribution in [0.15, 0.2) is 60.7 Å². The van der Waals surface area contributed by atoms with Gasteiger partial charge in [-0.1, -0.05) is 60.1 Å². The molecule has 1 N–H and O–H groups in total. The number of hydrogen-bond acceptors (Lipinski definition) is 2. The van der Waals surface area contributed by atoms with E-state index in [4.69, 9.17) is 16.3 Å². The van der Waals surface area contributed by atoms with E-state index < -0.39 is 6.09 Å². The van der Waals surface area contributed by atoms with E-state index in [2.05, 4.69) is 5.32 Å². The molecule has 22 heavy (non-hydrogen) atoms. The van der Waals surface area contributed by atoms with Crippen molar-refractivity contribution in [2.75, 3.05) is 0 Å². The predicted octanol–water partition coefficient (Wildman–Crippen LogP) is 4.68. The van der Waals surface area contributed by atoms with Crippen LogP contribution in [0.5, 0.6) is 5.75 Å². The van der Waals surface area contributed by atoms with Crippen molar-refractivity contribution in [1.82, 2.24) is 5.32 Å². The summed E-state index contributed by atoms with van der Waals surface area (Å²) in [5, 5.41) is 5.64. The smallest absolute Gasteiger partial charge is 0.410 e. The lowest BCUT2D eigenvalue weighted by Gasteiger charge is -2.28. The molecule has 3 nitrogen and oxygen atoms in total. The van der Waals surface area contributed by atoms with E-state index in [-0.39, 0.29) is 6.04 Å². The van der Waals surface area contributed by atoms with Crippen LogP contribution < -0.4 is 10.1 Å². The monoisotopic (exact) mass is 309 g/mol. The predicted molar refractivity (Wildman–Crippen MR) is 86.4 cm³/mol. The van der Waals surface area contributed by atoms with Gasteiger partial charge in [0.25, 0.3) is 0 Å². The summed E-state index contributed by atoms with van der Waals surface area (Å²) in [4.78, 5) is 11.9. The summed E-state index contributed by atoms with van der Waals surface area (Å²) in [7, 11) is 0. The number of ether oxygens (including phenoxy) is 1. The van der Waals surface area contributed by atoms with Crippen LogP contribution in [0.2, 0.25) is 5.02 Å². The molecule has 0 bridgehead atoms. The molecule has 3 aromatic carbocycles. The molecule has 1 unspecified atom stereocenters. The first-order valence-electron chi connectivity index (χ1n) is 6.98. The molecular weight excluding hydrogens is 298 g/mol. The Hall–Kier alpha value is -2.52. The Morgan fingerprint density at radius 3 is 2.59 bits per heavy atom. The molecule has 0 aromatic heterocycles. The van der Waals surface area contributed by atoms with Crippen molar-refractivity contribution in [3.63, 3.8) is 0 Å². The third kappa shape index (κ3) is 2.02. The van der Waals surface area contributed by atoms with Gasteiger partial charge >= 0.3 is 6.09 Å². The Balaban J connectivity index is 2.02. The van der Waals surface area contributed by atoms with Crippen LogP contribution in [0.4, 0.5) is 4.79 Å². The fourth-order valence-corrected chi connectivity index (χ4v) is 3.17. The fourth-order valence-electron chi connectivity index (χ4n) is 2.92. The number of nitrogens with one attached hydrogen (secondary N) is 1. The van der Waals surface area contributed by atoms with Gasteiger partial charge in [0.15, 0.2) is 0 Å². The topological polar surface area (TPSA) is 38.3 Å². The second kappa shape index (κ2) is 5.04. The van der Waals surface area contributed by atoms with Crippen molar-refractivity contribution < 1.29 is 9.53 Å². The number of benzene rings is 3. The maximum absolute atomic E-state index is 11.9. The molecule has 4 heteroatoms. The van der Waals surface area contributed by atoms with E-state index in [1.807, 2.05) is 60.7 Å². The van der Waals surface area contributed by atoms with Gasteiger partial charge in [-0.25, -0.2) is 4.79 Å². The number of fused-ring (bicyclic) bond motifs is 3. The van der Waals surface area contributed by atoms with Crippen molar-refractivity contribution in [2.24, 2.45) is 0 Å². The fraction of sp³-hybridized carbons (Fsp3) is 0.0556. The van der Waals surface area contributed by atoms with Crippen molar-refractivity contribution >= 4 is 28.5 Å². The molecule has 0 aliphatic carbocycles. The van der Waals surface area contributed by atoms with E-state index in [1.54, 1.807) is 0 Å². The molecule has 1 atom stereocenters. The highest BCUT2D eigenvalue weighted by Crippen LogP contribution is 2.40. The lowest BCUT2D eigenvalue weighted by molar-refractivity contribution is 0.191. The number of carbonyl (C=O) groups excluding carboxylic acids is 1. The lowest BCUT2D eigenvalue weighted by Crippen LogP contribution is -2.36. The molecule has 1 amide bonds. The molecule has 108 valence electrons. The molecule has 3 aromatic rings. The third-order valence-electron chi connectivity index (χ3n) is 3.90. The first-order valence-corrected chi connectivity index (χ1v) is 7.36. The zero-order valence-corrected chi connectivity index (χ0v) is 12.3. The van der Waals surface area contributed by atoms with Crippen LogP contribution in [-0.2, 0) is 0 Å². The highest BCUT2D eigenvalue weighted by Gasteiger charge is 2.30. The molecular formula is C18H12ClNO2. The summed E-state index contributed by atoms with van der Waals surface area (Å²) in [6.07, 6.45) is -0.465. The molecule has 0 spiro atoms. The summed E-state index contributed by atoms with van der Waals surface area (Å²) >= 11 is 6.33. The maximum atomic E-state index is 11.9. The van der Waals surface area contributed by atoms with Gasteiger partial charge in [-0.2, -0.15) is 0 Å². The van der Waals surface area contributed by atoms with Crippen molar-refractivity contribution in [3.8, 4) is 5.75 Å². The Bertz CT molecular complexity index is 891. The van der Waals surface area contributed by atoms with Gasteiger partial charge in [-0.15, -0.1) is 0 Å². The average molecular weight is 310 g/mol. The van der Waals surface area contributed by atoms with Gasteiger partial charge < -0.3 is 10.1 Å². The molecule has 0 radical (unpaired) electrons. The highest BCUT2D eigenvalue weighted by atomic mass is 35.5. The van der Waals surface area contributed by atoms with Crippen LogP contribution in [0.25, 0.3) is 10.8 Å². The summed E-state index contributed by atoms with van der Waals surface area (Å²) in [5.74, 6) is 0.576. The number of rotatable bonds is 1. The minimum Gasteiger partial charge on any atom is -0.410 e. The van der Waals surface area contributed by atoms with Crippen LogP contribution in [0.1, 0.15) is 17.2 Å². The Morgan fingerprint density at radius 1 is 0.955 bits per heavy atom. The van der Waals surface area contributed by atoms with Gasteiger partial charge in [0.05, 0.1) is 6.04 Å². The quantitative estimate of drug-likeness (QED) is 0.708. The first-order chi connectivity index (χ1) is 10.7. The Morgan fingerprint density at radius 2 is 1.73 bits per heavy atom. The van der Waals surface area contributed by atoms with Crippen LogP contribution in [0, 0.1) is 0 Å². The van der Waals surface area contributed by atoms with Gasteiger partial charge in [0.2, 0.25) is 0 Å². The number of hydrogen-bond donors (Lipinski definition) is 1. The maximum Gasteiger partial charge on any atom is 0.413 e. The van der Waals surface area contributed by atoms with Crippen LogP contribution >= 0.6 is 11.6 Å². The van der Waals surface area contributed by atoms with E-state index in [0.29, 0.717) is 10.8 Å². The first kappa shape index (κ1) is 13.2. The largest absolute Gasteiger partial charge is 0.413 e. The Labute approximate surface area is 132 Å². The summed E-state index contributed by atoms with van der Waals surface area (Å²) in [6.45, 7) is 0. The van der Waals surface area contributed by atoms with Gasteiger partial charge in [0, 0.05) is 10.6 Å². The molecule has 1 aliphatic heterocycles. The van der Waals surface area contributed by atoms with E-state index in [1.165, 1.54) is 0 Å². The standard InChI is InChI=1S/C18H12ClNO2/c19-14-8-4-3-7-13(14)17-16-12-6-2-1-5-11(12)9-10-15(16)22-18(21)20-17/h1-10,17H,(H,20,21). The van der Waals surface area contributed by atoms with Gasteiger partial charge in [-0.05, 0) is 28.5 Å². The SMILES string of the molecule is O=C1NC(c2ccccc2Cl)c2c(ccc3ccccc23)O1. The number of carbonyl (C=O) groups is 1. The molecule has 4 rings (SSSR count). The highest BCUT2D eigenvalue weighted by molar-refractivity contribution is 6.31. The third-order valence-corrected chi connectivity index (χ3v) is 4.24. The van der Waals surface area contributed by atoms with Gasteiger partial charge in [-0.3, -0.25) is 0 Å². The van der Waals surface area contributed by atoms with E-state index >= 15 is 0 Å². The summed E-state index contributed by atoms with van der Waals surface area (Å²) < 4.78 is 5.34. The molecule has 1 aliphatic rings. The zero-order chi connectivity index (χ0) is 15.1. The van der Waals surface area contributed by atoms with Gasteiger partial charge in [0.1, 0.15) is 5.75 Å². The number of halogens is 1. The minimum atomic E-state index is -0.465. The summed E-state index contributed by atoms with van der Waals surface area (Å²) in [6, 6.07) is 19.0. The van der Waals surface area contributed by atoms with Crippen molar-refractivity contribution in [3.05, 3.63) is 76.8 Å². The molecule has 1 heterocycles. The molecule has 0 saturated carbocycles. The van der Waals surface area contributed by atoms with Crippen LogP contribution in [-0.4, -0.2) is 6.09 Å². The van der Waals surface area contributed by atoms with E-state index in [9.17, 15) is 4.79 Å². The second-order valence-corrected chi connectivity index (χ2v) is 5.59. The van der Waals surface area contributed by atoms with E-state index in [0.717, 1.165) is 21.9 Å². The lowest BCUT2D eigenvalue weighted by atomic mass is 9.92. The molecule has 0 fully saturated rings. The van der Waals surface area contributed by atoms with Crippen LogP contribution in [0.3, 0.4) is 0 Å². The second-order valence-electron chi connectivity index (χ2n) is 5.19. The minimum absolute atomic E-state index is 0.323. The molecule has 0 saturated heterocycles. The zero-order valence-electron chi connectivity index (χ0n) is 11.5. The van der Waals surface area contributed by atoms with Crippen molar-refractivity contribution in [2.45, 2.75) is 6.04 Å². The average Bonchev–Trinajstić information content (AvgIpc) is 2.54.